The Morgan fingerprint density at radius 1 is 0.850 bits per heavy atom. The first kappa shape index (κ1) is 17.4. The SMILES string of the molecule is CCCCCCCCCCCCc1ccc(Cl)c(O)c1. The van der Waals surface area contributed by atoms with E-state index in [-0.39, 0.29) is 5.75 Å². The molecule has 1 N–H and O–H groups in total. The molecule has 0 aliphatic heterocycles. The average Bonchev–Trinajstić information content (AvgIpc) is 2.45. The number of phenols is 1. The number of halogens is 1. The highest BCUT2D eigenvalue weighted by Crippen LogP contribution is 2.24. The first-order chi connectivity index (χ1) is 9.74. The molecule has 0 unspecified atom stereocenters. The van der Waals surface area contributed by atoms with Crippen LogP contribution >= 0.6 is 11.6 Å². The van der Waals surface area contributed by atoms with Gasteiger partial charge in [0, 0.05) is 0 Å². The second-order valence-corrected chi connectivity index (χ2v) is 6.12. The maximum Gasteiger partial charge on any atom is 0.134 e. The van der Waals surface area contributed by atoms with Gasteiger partial charge in [-0.15, -0.1) is 0 Å². The molecule has 0 aliphatic rings. The molecule has 0 saturated carbocycles. The van der Waals surface area contributed by atoms with Crippen molar-refractivity contribution < 1.29 is 5.11 Å². The van der Waals surface area contributed by atoms with Crippen LogP contribution in [0.1, 0.15) is 76.7 Å². The highest BCUT2D eigenvalue weighted by Gasteiger charge is 2.00. The van der Waals surface area contributed by atoms with Gasteiger partial charge in [0.25, 0.3) is 0 Å². The quantitative estimate of drug-likeness (QED) is 0.461. The second-order valence-electron chi connectivity index (χ2n) is 5.72. The summed E-state index contributed by atoms with van der Waals surface area (Å²) in [6.45, 7) is 2.26. The van der Waals surface area contributed by atoms with Crippen LogP contribution in [-0.4, -0.2) is 5.11 Å². The van der Waals surface area contributed by atoms with Crippen LogP contribution in [0, 0.1) is 0 Å². The van der Waals surface area contributed by atoms with Gasteiger partial charge < -0.3 is 5.11 Å². The standard InChI is InChI=1S/C18H29ClO/c1-2-3-4-5-6-7-8-9-10-11-12-16-13-14-17(19)18(20)15-16/h13-15,20H,2-12H2,1H3. The number of benzene rings is 1. The lowest BCUT2D eigenvalue weighted by atomic mass is 10.0. The van der Waals surface area contributed by atoms with Gasteiger partial charge in [0.2, 0.25) is 0 Å². The Labute approximate surface area is 129 Å². The monoisotopic (exact) mass is 296 g/mol. The molecule has 0 bridgehead atoms. The summed E-state index contributed by atoms with van der Waals surface area (Å²) in [6.07, 6.45) is 14.6. The van der Waals surface area contributed by atoms with Gasteiger partial charge in [-0.2, -0.15) is 0 Å². The number of unbranched alkanes of at least 4 members (excludes halogenated alkanes) is 9. The minimum absolute atomic E-state index is 0.205. The van der Waals surface area contributed by atoms with Crippen molar-refractivity contribution in [3.63, 3.8) is 0 Å². The van der Waals surface area contributed by atoms with Crippen LogP contribution in [0.15, 0.2) is 18.2 Å². The molecule has 2 heteroatoms. The molecule has 0 fully saturated rings. The summed E-state index contributed by atoms with van der Waals surface area (Å²) in [5.41, 5.74) is 1.19. The zero-order valence-electron chi connectivity index (χ0n) is 12.8. The molecule has 1 aromatic carbocycles. The van der Waals surface area contributed by atoms with Gasteiger partial charge in [-0.1, -0.05) is 82.4 Å². The summed E-state index contributed by atoms with van der Waals surface area (Å²) in [6, 6.07) is 5.58. The normalized spacial score (nSPS) is 10.9. The maximum absolute atomic E-state index is 9.53. The Kier molecular flexibility index (Phi) is 9.57. The number of phenolic OH excluding ortho intramolecular Hbond substituents is 1. The Morgan fingerprint density at radius 2 is 1.40 bits per heavy atom. The van der Waals surface area contributed by atoms with Crippen molar-refractivity contribution in [1.82, 2.24) is 0 Å². The van der Waals surface area contributed by atoms with E-state index in [0.29, 0.717) is 5.02 Å². The Bertz CT molecular complexity index is 362. The molecule has 114 valence electrons. The first-order valence-corrected chi connectivity index (χ1v) is 8.59. The second kappa shape index (κ2) is 11.0. The van der Waals surface area contributed by atoms with Gasteiger partial charge in [0.15, 0.2) is 0 Å². The molecule has 0 saturated heterocycles. The molecule has 1 aromatic rings. The van der Waals surface area contributed by atoms with Crippen LogP contribution in [0.2, 0.25) is 5.02 Å². The summed E-state index contributed by atoms with van der Waals surface area (Å²) in [5.74, 6) is 0.205. The van der Waals surface area contributed by atoms with Crippen LogP contribution in [0.3, 0.4) is 0 Å². The van der Waals surface area contributed by atoms with Crippen molar-refractivity contribution in [1.29, 1.82) is 0 Å². The van der Waals surface area contributed by atoms with Crippen molar-refractivity contribution in [2.75, 3.05) is 0 Å². The zero-order valence-corrected chi connectivity index (χ0v) is 13.6. The van der Waals surface area contributed by atoms with Crippen LogP contribution in [0.4, 0.5) is 0 Å². The van der Waals surface area contributed by atoms with Gasteiger partial charge in [0.1, 0.15) is 5.75 Å². The highest BCUT2D eigenvalue weighted by molar-refractivity contribution is 6.31. The van der Waals surface area contributed by atoms with Crippen molar-refractivity contribution in [2.45, 2.75) is 77.6 Å². The highest BCUT2D eigenvalue weighted by atomic mass is 35.5. The fourth-order valence-corrected chi connectivity index (χ4v) is 2.65. The minimum Gasteiger partial charge on any atom is -0.506 e. The molecule has 0 amide bonds. The van der Waals surface area contributed by atoms with Gasteiger partial charge in [-0.3, -0.25) is 0 Å². The van der Waals surface area contributed by atoms with Crippen molar-refractivity contribution in [3.05, 3.63) is 28.8 Å². The van der Waals surface area contributed by atoms with Crippen LogP contribution in [-0.2, 0) is 6.42 Å². The van der Waals surface area contributed by atoms with E-state index >= 15 is 0 Å². The average molecular weight is 297 g/mol. The van der Waals surface area contributed by atoms with E-state index in [1.54, 1.807) is 12.1 Å². The molecule has 0 spiro atoms. The molecule has 0 aliphatic carbocycles. The summed E-state index contributed by atoms with van der Waals surface area (Å²) in [7, 11) is 0. The number of aryl methyl sites for hydroxylation is 1. The van der Waals surface area contributed by atoms with Crippen molar-refractivity contribution in [2.24, 2.45) is 0 Å². The van der Waals surface area contributed by atoms with E-state index in [1.807, 2.05) is 6.07 Å². The molecule has 0 heterocycles. The lowest BCUT2D eigenvalue weighted by Gasteiger charge is -2.04. The Hall–Kier alpha value is -0.690. The van der Waals surface area contributed by atoms with E-state index in [2.05, 4.69) is 6.92 Å². The van der Waals surface area contributed by atoms with Gasteiger partial charge in [0.05, 0.1) is 5.02 Å². The third-order valence-electron chi connectivity index (χ3n) is 3.83. The number of hydrogen-bond donors (Lipinski definition) is 1. The fourth-order valence-electron chi connectivity index (χ4n) is 2.53. The fraction of sp³-hybridized carbons (Fsp3) is 0.667. The predicted molar refractivity (Wildman–Crippen MR) is 88.7 cm³/mol. The van der Waals surface area contributed by atoms with Crippen molar-refractivity contribution in [3.8, 4) is 5.75 Å². The third kappa shape index (κ3) is 7.79. The van der Waals surface area contributed by atoms with Gasteiger partial charge >= 0.3 is 0 Å². The lowest BCUT2D eigenvalue weighted by Crippen LogP contribution is -1.87. The minimum atomic E-state index is 0.205. The van der Waals surface area contributed by atoms with Gasteiger partial charge in [-0.25, -0.2) is 0 Å². The largest absolute Gasteiger partial charge is 0.506 e. The van der Waals surface area contributed by atoms with Crippen LogP contribution < -0.4 is 0 Å². The summed E-state index contributed by atoms with van der Waals surface area (Å²) in [4.78, 5) is 0. The molecule has 20 heavy (non-hydrogen) atoms. The lowest BCUT2D eigenvalue weighted by molar-refractivity contribution is 0.474. The number of hydrogen-bond acceptors (Lipinski definition) is 1. The molecule has 1 nitrogen and oxygen atoms in total. The summed E-state index contributed by atoms with van der Waals surface area (Å²) in [5, 5.41) is 9.97. The Balaban J connectivity index is 1.95. The zero-order chi connectivity index (χ0) is 14.6. The van der Waals surface area contributed by atoms with E-state index in [4.69, 9.17) is 11.6 Å². The molecule has 0 radical (unpaired) electrons. The number of aromatic hydroxyl groups is 1. The van der Waals surface area contributed by atoms with E-state index in [0.717, 1.165) is 6.42 Å². The Morgan fingerprint density at radius 3 is 1.95 bits per heavy atom. The smallest absolute Gasteiger partial charge is 0.134 e. The number of rotatable bonds is 11. The van der Waals surface area contributed by atoms with E-state index < -0.39 is 0 Å². The molecular formula is C18H29ClO. The first-order valence-electron chi connectivity index (χ1n) is 8.21. The summed E-state index contributed by atoms with van der Waals surface area (Å²) >= 11 is 5.79. The van der Waals surface area contributed by atoms with E-state index in [1.165, 1.54) is 69.8 Å². The van der Waals surface area contributed by atoms with E-state index in [9.17, 15) is 5.11 Å². The molecule has 1 rings (SSSR count). The molecule has 0 atom stereocenters. The molecular weight excluding hydrogens is 268 g/mol. The topological polar surface area (TPSA) is 20.2 Å². The maximum atomic E-state index is 9.53. The summed E-state index contributed by atoms with van der Waals surface area (Å²) < 4.78 is 0. The van der Waals surface area contributed by atoms with Crippen LogP contribution in [0.5, 0.6) is 5.75 Å². The van der Waals surface area contributed by atoms with Crippen LogP contribution in [0.25, 0.3) is 0 Å². The van der Waals surface area contributed by atoms with Gasteiger partial charge in [-0.05, 0) is 30.5 Å². The van der Waals surface area contributed by atoms with Crippen molar-refractivity contribution >= 4 is 11.6 Å². The predicted octanol–water partition coefficient (Wildman–Crippen LogP) is 6.51. The third-order valence-corrected chi connectivity index (χ3v) is 4.15. The molecule has 0 aromatic heterocycles.